The van der Waals surface area contributed by atoms with Crippen LogP contribution in [0.15, 0.2) is 54.6 Å². The second-order valence-corrected chi connectivity index (χ2v) is 5.45. The Morgan fingerprint density at radius 2 is 2.00 bits per heavy atom. The maximum atomic E-state index is 11.5. The van der Waals surface area contributed by atoms with Gasteiger partial charge in [-0.15, -0.1) is 0 Å². The number of ether oxygens (including phenoxy) is 2. The molecule has 4 heteroatoms. The Balaban J connectivity index is 2.18. The number of hydrogen-bond donors (Lipinski definition) is 0. The van der Waals surface area contributed by atoms with Gasteiger partial charge in [-0.25, -0.2) is 4.79 Å². The molecule has 0 amide bonds. The summed E-state index contributed by atoms with van der Waals surface area (Å²) in [4.78, 5) is 11.5. The third-order valence-electron chi connectivity index (χ3n) is 2.65. The first-order valence-electron chi connectivity index (χ1n) is 7.10. The molecule has 22 heavy (non-hydrogen) atoms. The first kappa shape index (κ1) is 18.1. The smallest absolute Gasteiger partial charge is 0.330 e. The van der Waals surface area contributed by atoms with E-state index in [9.17, 15) is 4.79 Å². The lowest BCUT2D eigenvalue weighted by molar-refractivity contribution is -0.137. The van der Waals surface area contributed by atoms with E-state index in [-0.39, 0.29) is 5.97 Å². The summed E-state index contributed by atoms with van der Waals surface area (Å²) < 4.78 is 10.2. The van der Waals surface area contributed by atoms with E-state index in [1.54, 1.807) is 24.9 Å². The fourth-order valence-electron chi connectivity index (χ4n) is 1.53. The zero-order valence-corrected chi connectivity index (χ0v) is 13.8. The molecule has 0 saturated heterocycles. The SMILES string of the molecule is CC=CC=CCSCCOC(=O)C=Cc1ccc(OC)cc1. The number of thioether (sulfide) groups is 1. The van der Waals surface area contributed by atoms with Gasteiger partial charge in [-0.2, -0.15) is 11.8 Å². The van der Waals surface area contributed by atoms with Crippen molar-refractivity contribution in [2.75, 3.05) is 25.2 Å². The van der Waals surface area contributed by atoms with E-state index in [1.165, 1.54) is 6.08 Å². The summed E-state index contributed by atoms with van der Waals surface area (Å²) in [6.07, 6.45) is 11.2. The predicted octanol–water partition coefficient (Wildman–Crippen LogP) is 4.12. The van der Waals surface area contributed by atoms with Crippen molar-refractivity contribution >= 4 is 23.8 Å². The summed E-state index contributed by atoms with van der Waals surface area (Å²) in [5.74, 6) is 2.19. The Hall–Kier alpha value is -1.94. The first-order chi connectivity index (χ1) is 10.8. The minimum absolute atomic E-state index is 0.319. The summed E-state index contributed by atoms with van der Waals surface area (Å²) in [7, 11) is 1.62. The van der Waals surface area contributed by atoms with E-state index >= 15 is 0 Å². The largest absolute Gasteiger partial charge is 0.497 e. The molecular formula is C18H22O3S. The van der Waals surface area contributed by atoms with Gasteiger partial charge >= 0.3 is 5.97 Å². The maximum Gasteiger partial charge on any atom is 0.330 e. The van der Waals surface area contributed by atoms with E-state index in [0.29, 0.717) is 6.61 Å². The fraction of sp³-hybridized carbons (Fsp3) is 0.278. The van der Waals surface area contributed by atoms with Crippen LogP contribution in [0, 0.1) is 0 Å². The van der Waals surface area contributed by atoms with Gasteiger partial charge in [0.2, 0.25) is 0 Å². The van der Waals surface area contributed by atoms with Crippen LogP contribution in [-0.4, -0.2) is 31.2 Å². The number of rotatable bonds is 9. The third kappa shape index (κ3) is 8.37. The van der Waals surface area contributed by atoms with Crippen molar-refractivity contribution in [1.29, 1.82) is 0 Å². The molecule has 0 N–H and O–H groups in total. The minimum atomic E-state index is -0.319. The van der Waals surface area contributed by atoms with Crippen LogP contribution in [0.5, 0.6) is 5.75 Å². The van der Waals surface area contributed by atoms with Crippen LogP contribution in [0.25, 0.3) is 6.08 Å². The van der Waals surface area contributed by atoms with E-state index in [4.69, 9.17) is 9.47 Å². The predicted molar refractivity (Wildman–Crippen MR) is 94.3 cm³/mol. The zero-order chi connectivity index (χ0) is 16.0. The monoisotopic (exact) mass is 318 g/mol. The average molecular weight is 318 g/mol. The standard InChI is InChI=1S/C18H22O3S/c1-3-4-5-6-14-22-15-13-21-18(19)12-9-16-7-10-17(20-2)11-8-16/h3-12H,13-15H2,1-2H3. The second-order valence-electron chi connectivity index (χ2n) is 4.30. The Morgan fingerprint density at radius 1 is 1.23 bits per heavy atom. The highest BCUT2D eigenvalue weighted by molar-refractivity contribution is 7.99. The number of carbonyl (C=O) groups excluding carboxylic acids is 1. The molecule has 118 valence electrons. The number of benzene rings is 1. The van der Waals surface area contributed by atoms with Crippen molar-refractivity contribution in [2.45, 2.75) is 6.92 Å². The van der Waals surface area contributed by atoms with Crippen LogP contribution >= 0.6 is 11.8 Å². The summed E-state index contributed by atoms with van der Waals surface area (Å²) in [6, 6.07) is 7.47. The highest BCUT2D eigenvalue weighted by Gasteiger charge is 1.97. The highest BCUT2D eigenvalue weighted by Crippen LogP contribution is 2.12. The van der Waals surface area contributed by atoms with Crippen LogP contribution < -0.4 is 4.74 Å². The fourth-order valence-corrected chi connectivity index (χ4v) is 2.14. The van der Waals surface area contributed by atoms with Crippen LogP contribution in [0.3, 0.4) is 0 Å². The molecule has 0 fully saturated rings. The number of carbonyl (C=O) groups is 1. The lowest BCUT2D eigenvalue weighted by atomic mass is 10.2. The molecule has 1 aromatic rings. The summed E-state index contributed by atoms with van der Waals surface area (Å²) in [6.45, 7) is 2.41. The van der Waals surface area contributed by atoms with E-state index in [0.717, 1.165) is 22.8 Å². The van der Waals surface area contributed by atoms with Crippen LogP contribution in [0.1, 0.15) is 12.5 Å². The van der Waals surface area contributed by atoms with Crippen LogP contribution in [0.4, 0.5) is 0 Å². The van der Waals surface area contributed by atoms with Gasteiger partial charge in [0.1, 0.15) is 12.4 Å². The maximum absolute atomic E-state index is 11.5. The molecule has 0 aromatic heterocycles. The molecule has 0 aliphatic heterocycles. The van der Waals surface area contributed by atoms with Gasteiger partial charge in [0.15, 0.2) is 0 Å². The number of methoxy groups -OCH3 is 1. The zero-order valence-electron chi connectivity index (χ0n) is 13.0. The summed E-state index contributed by atoms with van der Waals surface area (Å²) in [5, 5.41) is 0. The minimum Gasteiger partial charge on any atom is -0.497 e. The van der Waals surface area contributed by atoms with E-state index in [1.807, 2.05) is 49.4 Å². The topological polar surface area (TPSA) is 35.5 Å². The summed E-state index contributed by atoms with van der Waals surface area (Å²) in [5.41, 5.74) is 0.932. The van der Waals surface area contributed by atoms with E-state index < -0.39 is 0 Å². The molecular weight excluding hydrogens is 296 g/mol. The lowest BCUT2D eigenvalue weighted by Crippen LogP contribution is -2.04. The molecule has 0 atom stereocenters. The van der Waals surface area contributed by atoms with Crippen molar-refractivity contribution in [3.05, 3.63) is 60.2 Å². The Morgan fingerprint density at radius 3 is 2.68 bits per heavy atom. The second kappa shape index (κ2) is 11.7. The molecule has 0 aliphatic rings. The van der Waals surface area contributed by atoms with Crippen molar-refractivity contribution in [3.63, 3.8) is 0 Å². The average Bonchev–Trinajstić information content (AvgIpc) is 2.56. The van der Waals surface area contributed by atoms with Crippen LogP contribution in [-0.2, 0) is 9.53 Å². The van der Waals surface area contributed by atoms with Gasteiger partial charge in [-0.1, -0.05) is 36.4 Å². The van der Waals surface area contributed by atoms with E-state index in [2.05, 4.69) is 6.08 Å². The molecule has 0 aliphatic carbocycles. The van der Waals surface area contributed by atoms with Gasteiger partial charge in [0, 0.05) is 17.6 Å². The van der Waals surface area contributed by atoms with Gasteiger partial charge in [-0.05, 0) is 30.7 Å². The molecule has 0 unspecified atom stereocenters. The molecule has 0 radical (unpaired) electrons. The molecule has 0 spiro atoms. The Labute approximate surface area is 136 Å². The molecule has 1 rings (SSSR count). The van der Waals surface area contributed by atoms with Gasteiger partial charge < -0.3 is 9.47 Å². The van der Waals surface area contributed by atoms with Crippen LogP contribution in [0.2, 0.25) is 0 Å². The normalized spacial score (nSPS) is 11.5. The molecule has 0 heterocycles. The van der Waals surface area contributed by atoms with Crippen molar-refractivity contribution in [1.82, 2.24) is 0 Å². The number of allylic oxidation sites excluding steroid dienone is 3. The molecule has 0 bridgehead atoms. The molecule has 1 aromatic carbocycles. The van der Waals surface area contributed by atoms with Gasteiger partial charge in [0.05, 0.1) is 7.11 Å². The lowest BCUT2D eigenvalue weighted by Gasteiger charge is -2.01. The van der Waals surface area contributed by atoms with Gasteiger partial charge in [0.25, 0.3) is 0 Å². The number of hydrogen-bond acceptors (Lipinski definition) is 4. The first-order valence-corrected chi connectivity index (χ1v) is 8.26. The number of esters is 1. The van der Waals surface area contributed by atoms with Crippen molar-refractivity contribution < 1.29 is 14.3 Å². The van der Waals surface area contributed by atoms with Gasteiger partial charge in [-0.3, -0.25) is 0 Å². The Kier molecular flexibility index (Phi) is 9.62. The summed E-state index contributed by atoms with van der Waals surface area (Å²) >= 11 is 1.73. The third-order valence-corrected chi connectivity index (χ3v) is 3.54. The molecule has 3 nitrogen and oxygen atoms in total. The van der Waals surface area contributed by atoms with Crippen molar-refractivity contribution in [3.8, 4) is 5.75 Å². The quantitative estimate of drug-likeness (QED) is 0.297. The molecule has 0 saturated carbocycles. The highest BCUT2D eigenvalue weighted by atomic mass is 32.2. The Bertz CT molecular complexity index is 516. The van der Waals surface area contributed by atoms with Crippen molar-refractivity contribution in [2.24, 2.45) is 0 Å².